The predicted octanol–water partition coefficient (Wildman–Crippen LogP) is 1.11. The summed E-state index contributed by atoms with van der Waals surface area (Å²) in [7, 11) is 3.96. The standard InChI is InChI=1S/C57H88N10O14/c1-12-34(7)46-55(78)67-28-18-17-22-40(67)51(74)61-45(32(3)4)54(77)64(10)41(25-27-44(70)71)57(80)81-48(35(8)13-2)52(75)60-37(30-36-20-15-14-16-21-36)53(76)66-29-19-23-39(66)49(72)59-31-43(69)65(11)47(33(5)6)56(79)63(9)38(50(73)62-46)24-26-42(58)68/h14-16,20-21,32-35,37-41,45-48H,12-13,17-19,22-31H2,1-11H3,(H2,58,68)(H,59,72)(H,60,75)(H,61,74)(H,62,73)(H,70,71)/t34-,35-,37-,38-,39-,40-,41-,45-,46-,47+,48-/m0/s1. The maximum Gasteiger partial charge on any atom is 0.329 e. The number of nitrogens with zero attached hydrogens (tertiary/aromatic N) is 5. The van der Waals surface area contributed by atoms with E-state index in [4.69, 9.17) is 10.5 Å². The van der Waals surface area contributed by atoms with E-state index in [1.807, 2.05) is 0 Å². The Labute approximate surface area is 475 Å². The molecule has 4 rings (SSSR count). The van der Waals surface area contributed by atoms with Crippen LogP contribution in [0.1, 0.15) is 132 Å². The number of nitrogens with two attached hydrogens (primary N) is 1. The van der Waals surface area contributed by atoms with Crippen molar-refractivity contribution in [3.8, 4) is 0 Å². The number of rotatable bonds is 14. The van der Waals surface area contributed by atoms with Crippen LogP contribution in [0.3, 0.4) is 0 Å². The maximum absolute atomic E-state index is 14.9. The second kappa shape index (κ2) is 30.6. The van der Waals surface area contributed by atoms with E-state index in [1.165, 1.54) is 30.9 Å². The van der Waals surface area contributed by atoms with Crippen LogP contribution < -0.4 is 27.0 Å². The molecule has 450 valence electrons. The van der Waals surface area contributed by atoms with Crippen LogP contribution in [-0.2, 0) is 68.7 Å². The van der Waals surface area contributed by atoms with E-state index in [0.717, 1.165) is 14.7 Å². The van der Waals surface area contributed by atoms with E-state index in [2.05, 4.69) is 21.3 Å². The summed E-state index contributed by atoms with van der Waals surface area (Å²) >= 11 is 0. The lowest BCUT2D eigenvalue weighted by atomic mass is 9.93. The fourth-order valence-electron chi connectivity index (χ4n) is 10.7. The number of likely N-dealkylation sites (N-methyl/N-ethyl adjacent to an activating group) is 3. The Bertz CT molecular complexity index is 2440. The Morgan fingerprint density at radius 3 is 1.79 bits per heavy atom. The largest absolute Gasteiger partial charge is 0.481 e. The van der Waals surface area contributed by atoms with Crippen molar-refractivity contribution in [2.45, 2.75) is 187 Å². The van der Waals surface area contributed by atoms with Gasteiger partial charge in [-0.1, -0.05) is 92.1 Å². The highest BCUT2D eigenvalue weighted by Crippen LogP contribution is 2.26. The minimum absolute atomic E-state index is 0.0587. The van der Waals surface area contributed by atoms with Gasteiger partial charge in [0, 0.05) is 59.4 Å². The Kier molecular flexibility index (Phi) is 25.1. The summed E-state index contributed by atoms with van der Waals surface area (Å²) in [6, 6.07) is -1.65. The molecule has 7 N–H and O–H groups in total. The lowest BCUT2D eigenvalue weighted by Gasteiger charge is -2.40. The van der Waals surface area contributed by atoms with Crippen LogP contribution in [0.25, 0.3) is 0 Å². The van der Waals surface area contributed by atoms with E-state index >= 15 is 0 Å². The van der Waals surface area contributed by atoms with Crippen LogP contribution in [0.2, 0.25) is 0 Å². The Morgan fingerprint density at radius 1 is 0.630 bits per heavy atom. The minimum Gasteiger partial charge on any atom is -0.481 e. The van der Waals surface area contributed by atoms with Gasteiger partial charge in [-0.05, 0) is 74.7 Å². The molecule has 0 bridgehead atoms. The molecule has 3 aliphatic rings. The molecule has 81 heavy (non-hydrogen) atoms. The third kappa shape index (κ3) is 17.4. The molecule has 3 heterocycles. The second-order valence-electron chi connectivity index (χ2n) is 22.6. The van der Waals surface area contributed by atoms with Crippen molar-refractivity contribution in [1.82, 2.24) is 45.8 Å². The molecule has 3 saturated heterocycles. The van der Waals surface area contributed by atoms with Gasteiger partial charge >= 0.3 is 11.9 Å². The Morgan fingerprint density at radius 2 is 1.20 bits per heavy atom. The molecule has 24 heteroatoms. The summed E-state index contributed by atoms with van der Waals surface area (Å²) in [5.74, 6) is -12.2. The van der Waals surface area contributed by atoms with Crippen LogP contribution in [0.4, 0.5) is 0 Å². The number of carbonyl (C=O) groups excluding carboxylic acids is 11. The van der Waals surface area contributed by atoms with Crippen molar-refractivity contribution in [1.29, 1.82) is 0 Å². The summed E-state index contributed by atoms with van der Waals surface area (Å²) in [6.07, 6.45) is -0.910. The summed E-state index contributed by atoms with van der Waals surface area (Å²) in [5.41, 5.74) is 6.20. The van der Waals surface area contributed by atoms with E-state index < -0.39 is 169 Å². The number of esters is 1. The maximum atomic E-state index is 14.9. The van der Waals surface area contributed by atoms with E-state index in [1.54, 1.807) is 85.7 Å². The fourth-order valence-corrected chi connectivity index (χ4v) is 10.7. The number of hydrogen-bond donors (Lipinski definition) is 6. The van der Waals surface area contributed by atoms with Gasteiger partial charge in [0.05, 0.1) is 6.54 Å². The Hall–Kier alpha value is -7.14. The summed E-state index contributed by atoms with van der Waals surface area (Å²) in [4.78, 5) is 176. The number of carboxylic acid groups (broad SMARTS) is 1. The van der Waals surface area contributed by atoms with Gasteiger partial charge in [0.2, 0.25) is 53.2 Å². The van der Waals surface area contributed by atoms with E-state index in [0.29, 0.717) is 31.2 Å². The number of carboxylic acids is 1. The smallest absolute Gasteiger partial charge is 0.329 e. The quantitative estimate of drug-likeness (QED) is 0.142. The first-order chi connectivity index (χ1) is 38.2. The first-order valence-corrected chi connectivity index (χ1v) is 28.5. The molecule has 0 saturated carbocycles. The lowest BCUT2D eigenvalue weighted by molar-refractivity contribution is -0.167. The molecule has 0 aliphatic carbocycles. The van der Waals surface area contributed by atoms with Crippen LogP contribution in [0.5, 0.6) is 0 Å². The van der Waals surface area contributed by atoms with Crippen molar-refractivity contribution in [2.75, 3.05) is 40.8 Å². The zero-order valence-corrected chi connectivity index (χ0v) is 49.1. The minimum atomic E-state index is -1.60. The van der Waals surface area contributed by atoms with Gasteiger partial charge in [0.15, 0.2) is 6.10 Å². The molecule has 0 aromatic heterocycles. The number of amides is 10. The molecular formula is C57H88N10O14. The molecule has 3 fully saturated rings. The number of cyclic esters (lactones) is 1. The molecule has 0 unspecified atom stereocenters. The number of piperidine rings is 1. The van der Waals surface area contributed by atoms with Gasteiger partial charge in [0.1, 0.15) is 48.3 Å². The fraction of sp³-hybridized carbons (Fsp3) is 0.684. The van der Waals surface area contributed by atoms with Gasteiger partial charge in [-0.3, -0.25) is 52.7 Å². The van der Waals surface area contributed by atoms with Crippen LogP contribution in [0.15, 0.2) is 30.3 Å². The highest BCUT2D eigenvalue weighted by atomic mass is 16.6. The van der Waals surface area contributed by atoms with Crippen molar-refractivity contribution in [2.24, 2.45) is 29.4 Å². The third-order valence-electron chi connectivity index (χ3n) is 16.1. The number of ether oxygens (including phenoxy) is 1. The number of primary amides is 1. The normalized spacial score (nSPS) is 27.0. The second-order valence-corrected chi connectivity index (χ2v) is 22.6. The number of hydrogen-bond acceptors (Lipinski definition) is 13. The summed E-state index contributed by atoms with van der Waals surface area (Å²) in [5, 5.41) is 20.8. The van der Waals surface area contributed by atoms with Crippen molar-refractivity contribution >= 4 is 71.0 Å². The van der Waals surface area contributed by atoms with Crippen LogP contribution in [-0.4, -0.2) is 196 Å². The van der Waals surface area contributed by atoms with E-state index in [9.17, 15) is 62.6 Å². The lowest BCUT2D eigenvalue weighted by Crippen LogP contribution is -2.63. The van der Waals surface area contributed by atoms with Gasteiger partial charge in [-0.15, -0.1) is 0 Å². The van der Waals surface area contributed by atoms with Crippen LogP contribution in [0, 0.1) is 23.7 Å². The van der Waals surface area contributed by atoms with Crippen molar-refractivity contribution in [3.63, 3.8) is 0 Å². The zero-order valence-electron chi connectivity index (χ0n) is 49.1. The first-order valence-electron chi connectivity index (χ1n) is 28.5. The number of nitrogens with one attached hydrogen (secondary N) is 4. The van der Waals surface area contributed by atoms with Gasteiger partial charge < -0.3 is 61.3 Å². The molecular weight excluding hydrogens is 1050 g/mol. The molecule has 1 aromatic carbocycles. The number of aliphatic carboxylic acids is 1. The van der Waals surface area contributed by atoms with Gasteiger partial charge in [0.25, 0.3) is 5.91 Å². The highest BCUT2D eigenvalue weighted by Gasteiger charge is 2.45. The topological polar surface area (TPSA) is 325 Å². The average Bonchev–Trinajstić information content (AvgIpc) is 3.93. The summed E-state index contributed by atoms with van der Waals surface area (Å²) in [6.45, 7) is 13.2. The predicted molar refractivity (Wildman–Crippen MR) is 296 cm³/mol. The van der Waals surface area contributed by atoms with Crippen LogP contribution >= 0.6 is 0 Å². The molecule has 1 aromatic rings. The third-order valence-corrected chi connectivity index (χ3v) is 16.1. The average molecular weight is 1140 g/mol. The number of fused-ring (bicyclic) bond motifs is 2. The van der Waals surface area contributed by atoms with Crippen molar-refractivity contribution in [3.05, 3.63) is 35.9 Å². The van der Waals surface area contributed by atoms with Gasteiger partial charge in [-0.2, -0.15) is 0 Å². The Balaban J connectivity index is 1.87. The summed E-state index contributed by atoms with van der Waals surface area (Å²) < 4.78 is 5.97. The SMILES string of the molecule is CC[C@H](C)[C@@H]1NC(=O)[C@H](CCC(N)=O)N(C)C(=O)[C@@H](C(C)C)N(C)C(=O)CNC(=O)[C@@H]2CCCN2C(=O)[C@H](Cc2ccccc2)NC(=O)[C@H]([C@@H](C)CC)OC(=O)[C@H](CCC(=O)O)N(C)C(=O)[C@H](C(C)C)NC(=O)[C@@H]2CCCCN2C1=O. The highest BCUT2D eigenvalue weighted by molar-refractivity contribution is 5.99. The molecule has 10 amide bonds. The van der Waals surface area contributed by atoms with Gasteiger partial charge in [-0.25, -0.2) is 4.79 Å². The first kappa shape index (κ1) is 66.4. The zero-order chi connectivity index (χ0) is 60.6. The molecule has 24 nitrogen and oxygen atoms in total. The number of benzene rings is 1. The molecule has 0 radical (unpaired) electrons. The van der Waals surface area contributed by atoms with E-state index in [-0.39, 0.29) is 51.6 Å². The monoisotopic (exact) mass is 1140 g/mol. The molecule has 11 atom stereocenters. The molecule has 0 spiro atoms. The van der Waals surface area contributed by atoms with Crippen molar-refractivity contribution < 1.29 is 67.4 Å². The number of carbonyl (C=O) groups is 12. The molecule has 3 aliphatic heterocycles.